The van der Waals surface area contributed by atoms with Crippen LogP contribution in [0, 0.1) is 0 Å². The topological polar surface area (TPSA) is 142 Å². The molecule has 0 radical (unpaired) electrons. The zero-order valence-electron chi connectivity index (χ0n) is 21.2. The zero-order valence-corrected chi connectivity index (χ0v) is 21.2. The van der Waals surface area contributed by atoms with Crippen LogP contribution in [0.2, 0.25) is 0 Å². The van der Waals surface area contributed by atoms with Gasteiger partial charge in [-0.3, -0.25) is 0 Å². The molecule has 0 saturated carbocycles. The summed E-state index contributed by atoms with van der Waals surface area (Å²) < 4.78 is 40.8. The van der Waals surface area contributed by atoms with Gasteiger partial charge in [-0.2, -0.15) is 0 Å². The SMILES string of the molecule is C=C(C)C(=O)OC(C)C(COCC(=O)OCOCC(OC(=O)COC)C(C)OC(=O)C(=C)C)OC. The van der Waals surface area contributed by atoms with Crippen LogP contribution in [-0.4, -0.2) is 95.7 Å². The van der Waals surface area contributed by atoms with Gasteiger partial charge in [0.1, 0.15) is 31.5 Å². The van der Waals surface area contributed by atoms with E-state index in [0.29, 0.717) is 0 Å². The van der Waals surface area contributed by atoms with E-state index in [0.717, 1.165) is 0 Å². The lowest BCUT2D eigenvalue weighted by molar-refractivity contribution is -0.181. The van der Waals surface area contributed by atoms with Crippen LogP contribution in [-0.2, 0) is 57.1 Å². The first-order valence-electron chi connectivity index (χ1n) is 10.7. The lowest BCUT2D eigenvalue weighted by Crippen LogP contribution is -2.38. The second-order valence-electron chi connectivity index (χ2n) is 7.54. The van der Waals surface area contributed by atoms with Crippen molar-refractivity contribution in [2.24, 2.45) is 0 Å². The van der Waals surface area contributed by atoms with Gasteiger partial charge in [-0.25, -0.2) is 19.2 Å². The largest absolute Gasteiger partial charge is 0.456 e. The van der Waals surface area contributed by atoms with Crippen molar-refractivity contribution in [3.8, 4) is 0 Å². The van der Waals surface area contributed by atoms with E-state index in [4.69, 9.17) is 37.9 Å². The molecule has 12 heteroatoms. The predicted octanol–water partition coefficient (Wildman–Crippen LogP) is 1.11. The van der Waals surface area contributed by atoms with Crippen molar-refractivity contribution in [3.63, 3.8) is 0 Å². The molecule has 0 saturated heterocycles. The fraction of sp³-hybridized carbons (Fsp3) is 0.652. The molecule has 0 heterocycles. The minimum absolute atomic E-state index is 0.0414. The molecule has 0 aromatic heterocycles. The molecular formula is C23H36O12. The van der Waals surface area contributed by atoms with Crippen LogP contribution in [0.25, 0.3) is 0 Å². The smallest absolute Gasteiger partial charge is 0.334 e. The van der Waals surface area contributed by atoms with Crippen LogP contribution < -0.4 is 0 Å². The Morgan fingerprint density at radius 3 is 1.71 bits per heavy atom. The average molecular weight is 505 g/mol. The van der Waals surface area contributed by atoms with Gasteiger partial charge in [0.2, 0.25) is 0 Å². The molecule has 0 rings (SSSR count). The zero-order chi connectivity index (χ0) is 27.0. The van der Waals surface area contributed by atoms with Crippen LogP contribution >= 0.6 is 0 Å². The van der Waals surface area contributed by atoms with Crippen molar-refractivity contribution in [1.29, 1.82) is 0 Å². The van der Waals surface area contributed by atoms with Gasteiger partial charge in [-0.05, 0) is 27.7 Å². The van der Waals surface area contributed by atoms with Gasteiger partial charge >= 0.3 is 23.9 Å². The van der Waals surface area contributed by atoms with Crippen molar-refractivity contribution in [2.75, 3.05) is 47.4 Å². The van der Waals surface area contributed by atoms with Crippen molar-refractivity contribution in [3.05, 3.63) is 24.3 Å². The molecule has 0 aliphatic carbocycles. The molecule has 0 aliphatic heterocycles. The van der Waals surface area contributed by atoms with Gasteiger partial charge < -0.3 is 37.9 Å². The van der Waals surface area contributed by atoms with Gasteiger partial charge in [0.25, 0.3) is 0 Å². The highest BCUT2D eigenvalue weighted by atomic mass is 16.7. The number of methoxy groups -OCH3 is 2. The van der Waals surface area contributed by atoms with E-state index in [-0.39, 0.29) is 31.0 Å². The third-order valence-corrected chi connectivity index (χ3v) is 4.27. The number of rotatable bonds is 18. The molecule has 4 unspecified atom stereocenters. The summed E-state index contributed by atoms with van der Waals surface area (Å²) in [5, 5.41) is 0. The Labute approximate surface area is 205 Å². The van der Waals surface area contributed by atoms with Gasteiger partial charge in [-0.15, -0.1) is 0 Å². The summed E-state index contributed by atoms with van der Waals surface area (Å²) in [7, 11) is 2.73. The van der Waals surface area contributed by atoms with Gasteiger partial charge in [0.05, 0.1) is 13.2 Å². The van der Waals surface area contributed by atoms with E-state index in [1.807, 2.05) is 0 Å². The Balaban J connectivity index is 4.51. The third-order valence-electron chi connectivity index (χ3n) is 4.27. The fourth-order valence-corrected chi connectivity index (χ4v) is 2.24. The first-order chi connectivity index (χ1) is 16.4. The standard InChI is InChI=1S/C23H36O12/c1-14(2)22(26)33-16(5)18(29-8)9-30-12-20(24)32-13-31-10-19(35-21(25)11-28-7)17(6)34-23(27)15(3)4/h16-19H,1,3,9-13H2,2,4-8H3. The molecule has 35 heavy (non-hydrogen) atoms. The van der Waals surface area contributed by atoms with E-state index in [9.17, 15) is 19.2 Å². The van der Waals surface area contributed by atoms with E-state index < -0.39 is 61.7 Å². The second kappa shape index (κ2) is 17.6. The Morgan fingerprint density at radius 2 is 1.23 bits per heavy atom. The van der Waals surface area contributed by atoms with Crippen LogP contribution in [0.1, 0.15) is 27.7 Å². The Hall–Kier alpha value is -2.80. The molecule has 0 spiro atoms. The number of carbonyl (C=O) groups is 4. The molecule has 0 aliphatic rings. The highest BCUT2D eigenvalue weighted by Crippen LogP contribution is 2.09. The minimum atomic E-state index is -0.984. The van der Waals surface area contributed by atoms with Crippen LogP contribution in [0.3, 0.4) is 0 Å². The van der Waals surface area contributed by atoms with E-state index in [1.54, 1.807) is 6.92 Å². The molecule has 0 fully saturated rings. The summed E-state index contributed by atoms with van der Waals surface area (Å²) in [6.07, 6.45) is -3.11. The van der Waals surface area contributed by atoms with Gasteiger partial charge in [0, 0.05) is 25.4 Å². The maximum Gasteiger partial charge on any atom is 0.334 e. The van der Waals surface area contributed by atoms with Crippen LogP contribution in [0.4, 0.5) is 0 Å². The second-order valence-corrected chi connectivity index (χ2v) is 7.54. The highest BCUT2D eigenvalue weighted by molar-refractivity contribution is 5.87. The fourth-order valence-electron chi connectivity index (χ4n) is 2.24. The molecule has 12 nitrogen and oxygen atoms in total. The number of hydrogen-bond acceptors (Lipinski definition) is 12. The molecular weight excluding hydrogens is 468 g/mol. The quantitative estimate of drug-likeness (QED) is 0.0867. The van der Waals surface area contributed by atoms with E-state index in [1.165, 1.54) is 35.0 Å². The highest BCUT2D eigenvalue weighted by Gasteiger charge is 2.26. The summed E-state index contributed by atoms with van der Waals surface area (Å²) in [4.78, 5) is 47.0. The summed E-state index contributed by atoms with van der Waals surface area (Å²) in [6, 6.07) is 0. The Morgan fingerprint density at radius 1 is 0.714 bits per heavy atom. The maximum atomic E-state index is 11.9. The number of esters is 4. The average Bonchev–Trinajstić information content (AvgIpc) is 2.78. The summed E-state index contributed by atoms with van der Waals surface area (Å²) in [6.45, 7) is 11.6. The molecule has 0 aromatic rings. The molecule has 0 bridgehead atoms. The summed E-state index contributed by atoms with van der Waals surface area (Å²) >= 11 is 0. The molecule has 200 valence electrons. The van der Waals surface area contributed by atoms with Crippen molar-refractivity contribution in [2.45, 2.75) is 52.1 Å². The Bertz CT molecular complexity index is 732. The number of ether oxygens (including phenoxy) is 8. The van der Waals surface area contributed by atoms with Crippen molar-refractivity contribution in [1.82, 2.24) is 0 Å². The van der Waals surface area contributed by atoms with Crippen molar-refractivity contribution < 1.29 is 57.1 Å². The van der Waals surface area contributed by atoms with Gasteiger partial charge in [0.15, 0.2) is 12.9 Å². The predicted molar refractivity (Wildman–Crippen MR) is 121 cm³/mol. The first kappa shape index (κ1) is 32.2. The molecule has 4 atom stereocenters. The lowest BCUT2D eigenvalue weighted by Gasteiger charge is -2.24. The Kier molecular flexibility index (Phi) is 16.2. The van der Waals surface area contributed by atoms with Crippen LogP contribution in [0.5, 0.6) is 0 Å². The number of hydrogen-bond donors (Lipinski definition) is 0. The minimum Gasteiger partial charge on any atom is -0.456 e. The maximum absolute atomic E-state index is 11.9. The summed E-state index contributed by atoms with van der Waals surface area (Å²) in [5.74, 6) is -2.65. The lowest BCUT2D eigenvalue weighted by atomic mass is 10.2. The number of carbonyl (C=O) groups excluding carboxylic acids is 4. The van der Waals surface area contributed by atoms with Crippen LogP contribution in [0.15, 0.2) is 24.3 Å². The summed E-state index contributed by atoms with van der Waals surface area (Å²) in [5.41, 5.74) is 0.419. The van der Waals surface area contributed by atoms with E-state index >= 15 is 0 Å². The molecule has 0 aromatic carbocycles. The first-order valence-corrected chi connectivity index (χ1v) is 10.7. The monoisotopic (exact) mass is 504 g/mol. The molecule has 0 N–H and O–H groups in total. The third kappa shape index (κ3) is 14.3. The van der Waals surface area contributed by atoms with Crippen molar-refractivity contribution >= 4 is 23.9 Å². The van der Waals surface area contributed by atoms with Gasteiger partial charge in [-0.1, -0.05) is 13.2 Å². The van der Waals surface area contributed by atoms with E-state index in [2.05, 4.69) is 13.2 Å². The normalized spacial score (nSPS) is 14.1. The molecule has 0 amide bonds.